The molecule has 0 spiro atoms. The van der Waals surface area contributed by atoms with Gasteiger partial charge in [-0.3, -0.25) is 4.79 Å². The molecule has 2 nitrogen and oxygen atoms in total. The Morgan fingerprint density at radius 3 is 2.64 bits per heavy atom. The Hall–Kier alpha value is -0.700. The summed E-state index contributed by atoms with van der Waals surface area (Å²) in [5.41, 5.74) is 0.747. The van der Waals surface area contributed by atoms with Crippen molar-refractivity contribution in [1.29, 1.82) is 0 Å². The average Bonchev–Trinajstić information content (AvgIpc) is 2.70. The Labute approximate surface area is 132 Å². The summed E-state index contributed by atoms with van der Waals surface area (Å²) in [6.45, 7) is 4.21. The fraction of sp³-hybridized carbons (Fsp3) is 0.842. The number of hydrogen-bond acceptors (Lipinski definition) is 2. The molecule has 3 fully saturated rings. The molecule has 0 aliphatic heterocycles. The summed E-state index contributed by atoms with van der Waals surface area (Å²) in [5.74, 6) is -1.60. The molecule has 0 heterocycles. The van der Waals surface area contributed by atoms with Crippen molar-refractivity contribution in [3.63, 3.8) is 0 Å². The van der Waals surface area contributed by atoms with Gasteiger partial charge in [0, 0.05) is 17.8 Å². The Bertz CT molecular complexity index is 552. The van der Waals surface area contributed by atoms with E-state index in [0.717, 1.165) is 19.3 Å². The van der Waals surface area contributed by atoms with Crippen LogP contribution in [0.25, 0.3) is 0 Å². The quantitative estimate of drug-likeness (QED) is 0.729. The van der Waals surface area contributed by atoms with Crippen LogP contribution in [0, 0.1) is 28.6 Å². The first kappa shape index (κ1) is 14.9. The van der Waals surface area contributed by atoms with Gasteiger partial charge in [-0.15, -0.1) is 0 Å². The van der Waals surface area contributed by atoms with Gasteiger partial charge in [0.15, 0.2) is 5.78 Å². The Balaban J connectivity index is 1.77. The molecule has 0 amide bonds. The van der Waals surface area contributed by atoms with Gasteiger partial charge >= 0.3 is 0 Å². The van der Waals surface area contributed by atoms with Gasteiger partial charge in [0.25, 0.3) is 0 Å². The highest BCUT2D eigenvalue weighted by atomic mass is 19.2. The second-order valence-electron chi connectivity index (χ2n) is 8.69. The second kappa shape index (κ2) is 4.43. The van der Waals surface area contributed by atoms with Crippen LogP contribution < -0.4 is 0 Å². The number of fused-ring (bicyclic) bond motifs is 5. The molecule has 4 aliphatic rings. The van der Waals surface area contributed by atoms with Gasteiger partial charge in [-0.25, -0.2) is 4.39 Å². The van der Waals surface area contributed by atoms with Crippen LogP contribution in [0.4, 0.5) is 4.39 Å². The molecule has 0 radical (unpaired) electrons. The van der Waals surface area contributed by atoms with Crippen molar-refractivity contribution in [3.8, 4) is 0 Å². The first-order chi connectivity index (χ1) is 10.3. The third kappa shape index (κ3) is 1.67. The van der Waals surface area contributed by atoms with Crippen molar-refractivity contribution in [3.05, 3.63) is 11.6 Å². The highest BCUT2D eigenvalue weighted by Crippen LogP contribution is 2.66. The largest absolute Gasteiger partial charge is 0.361 e. The van der Waals surface area contributed by atoms with E-state index >= 15 is 0 Å². The molecular formula is C19H27FO2. The summed E-state index contributed by atoms with van der Waals surface area (Å²) in [6.07, 6.45) is 8.98. The van der Waals surface area contributed by atoms with E-state index in [1.54, 1.807) is 0 Å². The number of hydrogen-bond donors (Lipinski definition) is 1. The molecule has 0 bridgehead atoms. The number of carbonyl (C=O) groups excluding carboxylic acids is 1. The van der Waals surface area contributed by atoms with Gasteiger partial charge in [-0.1, -0.05) is 25.8 Å². The molecule has 0 aromatic rings. The fourth-order valence-corrected chi connectivity index (χ4v) is 6.40. The zero-order valence-corrected chi connectivity index (χ0v) is 13.7. The van der Waals surface area contributed by atoms with Crippen LogP contribution in [0.1, 0.15) is 65.2 Å². The van der Waals surface area contributed by atoms with Gasteiger partial charge < -0.3 is 5.11 Å². The van der Waals surface area contributed by atoms with Crippen molar-refractivity contribution >= 4 is 5.78 Å². The third-order valence-corrected chi connectivity index (χ3v) is 7.91. The molecule has 22 heavy (non-hydrogen) atoms. The summed E-state index contributed by atoms with van der Waals surface area (Å²) >= 11 is 0. The molecular weight excluding hydrogens is 279 g/mol. The number of halogens is 1. The minimum atomic E-state index is -2.10. The summed E-state index contributed by atoms with van der Waals surface area (Å²) < 4.78 is 14.7. The smallest absolute Gasteiger partial charge is 0.212 e. The molecule has 122 valence electrons. The van der Waals surface area contributed by atoms with Gasteiger partial charge in [-0.05, 0) is 61.9 Å². The molecule has 1 N–H and O–H groups in total. The molecule has 0 aromatic carbocycles. The van der Waals surface area contributed by atoms with Crippen LogP contribution in [-0.2, 0) is 4.79 Å². The van der Waals surface area contributed by atoms with E-state index in [4.69, 9.17) is 0 Å². The van der Waals surface area contributed by atoms with Crippen molar-refractivity contribution in [2.24, 2.45) is 28.6 Å². The molecule has 0 saturated heterocycles. The molecule has 4 rings (SSSR count). The number of carbonyl (C=O) groups is 1. The summed E-state index contributed by atoms with van der Waals surface area (Å²) in [5, 5.41) is 10.2. The van der Waals surface area contributed by atoms with Crippen molar-refractivity contribution < 1.29 is 14.3 Å². The van der Waals surface area contributed by atoms with Gasteiger partial charge in [0.1, 0.15) is 0 Å². The number of rotatable bonds is 0. The van der Waals surface area contributed by atoms with Gasteiger partial charge in [0.05, 0.1) is 0 Å². The fourth-order valence-electron chi connectivity index (χ4n) is 6.40. The van der Waals surface area contributed by atoms with Crippen LogP contribution in [0.15, 0.2) is 11.6 Å². The van der Waals surface area contributed by atoms with Crippen LogP contribution >= 0.6 is 0 Å². The maximum Gasteiger partial charge on any atom is 0.212 e. The predicted molar refractivity (Wildman–Crippen MR) is 82.8 cm³/mol. The molecule has 0 aromatic heterocycles. The number of aliphatic hydroxyl groups is 1. The zero-order chi connectivity index (χ0) is 15.8. The number of alkyl halides is 1. The molecule has 3 saturated carbocycles. The summed E-state index contributed by atoms with van der Waals surface area (Å²) in [6, 6.07) is 0. The normalized spacial score (nSPS) is 54.3. The van der Waals surface area contributed by atoms with Crippen LogP contribution in [0.2, 0.25) is 0 Å². The topological polar surface area (TPSA) is 37.3 Å². The lowest BCUT2D eigenvalue weighted by atomic mass is 9.47. The average molecular weight is 306 g/mol. The summed E-state index contributed by atoms with van der Waals surface area (Å²) in [4.78, 5) is 12.8. The summed E-state index contributed by atoms with van der Waals surface area (Å²) in [7, 11) is 0. The Morgan fingerprint density at radius 2 is 1.86 bits per heavy atom. The maximum atomic E-state index is 14.7. The van der Waals surface area contributed by atoms with E-state index in [2.05, 4.69) is 6.92 Å². The lowest BCUT2D eigenvalue weighted by molar-refractivity contribution is -0.197. The minimum absolute atomic E-state index is 0.00491. The number of allylic oxidation sites excluding steroid dienone is 2. The predicted octanol–water partition coefficient (Wildman–Crippen LogP) is 4.18. The SMILES string of the molecule is C[C@]12CCCCC1=CC(=O)[C@@H]1[C@H]2CC[C@@]2(C)[C@H]1CCC2(O)F. The molecule has 4 aliphatic carbocycles. The van der Waals surface area contributed by atoms with E-state index in [1.165, 1.54) is 18.4 Å². The molecule has 1 unspecified atom stereocenters. The van der Waals surface area contributed by atoms with Crippen LogP contribution in [0.5, 0.6) is 0 Å². The van der Waals surface area contributed by atoms with E-state index in [1.807, 2.05) is 13.0 Å². The standard InChI is InChI=1S/C19H27FO2/c1-17-8-4-3-5-12(17)11-15(21)16-13(17)6-9-18(2)14(16)7-10-19(18,20)22/h11,13-14,16,22H,3-10H2,1-2H3/t13-,14+,16-,17+,18+,19?/m1/s1. The monoisotopic (exact) mass is 306 g/mol. The highest BCUT2D eigenvalue weighted by Gasteiger charge is 2.65. The molecule has 6 atom stereocenters. The first-order valence-electron chi connectivity index (χ1n) is 8.96. The van der Waals surface area contributed by atoms with Crippen molar-refractivity contribution in [2.45, 2.75) is 71.1 Å². The second-order valence-corrected chi connectivity index (χ2v) is 8.69. The Morgan fingerprint density at radius 1 is 1.14 bits per heavy atom. The van der Waals surface area contributed by atoms with Crippen molar-refractivity contribution in [1.82, 2.24) is 0 Å². The van der Waals surface area contributed by atoms with E-state index in [9.17, 15) is 14.3 Å². The van der Waals surface area contributed by atoms with E-state index in [-0.39, 0.29) is 29.5 Å². The van der Waals surface area contributed by atoms with E-state index in [0.29, 0.717) is 18.8 Å². The minimum Gasteiger partial charge on any atom is -0.361 e. The van der Waals surface area contributed by atoms with Gasteiger partial charge in [-0.2, -0.15) is 0 Å². The lowest BCUT2D eigenvalue weighted by Gasteiger charge is -2.56. The lowest BCUT2D eigenvalue weighted by Crippen LogP contribution is -2.55. The maximum absolute atomic E-state index is 14.7. The highest BCUT2D eigenvalue weighted by molar-refractivity contribution is 5.94. The Kier molecular flexibility index (Phi) is 3.00. The third-order valence-electron chi connectivity index (χ3n) is 7.91. The van der Waals surface area contributed by atoms with Crippen LogP contribution in [-0.4, -0.2) is 16.7 Å². The van der Waals surface area contributed by atoms with Crippen molar-refractivity contribution in [2.75, 3.05) is 0 Å². The van der Waals surface area contributed by atoms with E-state index < -0.39 is 11.3 Å². The van der Waals surface area contributed by atoms with Gasteiger partial charge in [0.2, 0.25) is 5.85 Å². The zero-order valence-electron chi connectivity index (χ0n) is 13.7. The van der Waals surface area contributed by atoms with Crippen LogP contribution in [0.3, 0.4) is 0 Å². The first-order valence-corrected chi connectivity index (χ1v) is 8.96. The molecule has 3 heteroatoms. The number of ketones is 1.